The van der Waals surface area contributed by atoms with Gasteiger partial charge in [-0.2, -0.15) is 0 Å². The van der Waals surface area contributed by atoms with Gasteiger partial charge in [0.05, 0.1) is 25.0 Å². The van der Waals surface area contributed by atoms with Gasteiger partial charge in [-0.15, -0.1) is 0 Å². The molecule has 0 aromatic heterocycles. The SMILES string of the molecule is CC1=C[C@H]2[C@@]3(O)[C@H](C)[C@@H](OC(=O)Cc4ccccc4)[C@]4(OC(=O)Cc5ccccc5)[C@H]([C@@H]3C=C(COC(c3ccccc3)(c3ccccc3)c3ccccc3)C[C@]2(O)C1=O)C4(C)C. The second kappa shape index (κ2) is 16.0. The van der Waals surface area contributed by atoms with Crippen LogP contribution in [0.4, 0.5) is 0 Å². The van der Waals surface area contributed by atoms with Crippen LogP contribution >= 0.6 is 0 Å². The van der Waals surface area contributed by atoms with Crippen molar-refractivity contribution in [3.63, 3.8) is 0 Å². The molecule has 0 unspecified atom stereocenters. The molecule has 4 aliphatic carbocycles. The fourth-order valence-corrected chi connectivity index (χ4v) is 11.7. The average molecular weight is 843 g/mol. The van der Waals surface area contributed by atoms with Crippen LogP contribution < -0.4 is 0 Å². The van der Waals surface area contributed by atoms with Crippen molar-refractivity contribution in [2.75, 3.05) is 6.61 Å². The summed E-state index contributed by atoms with van der Waals surface area (Å²) in [6.45, 7) is 7.40. The van der Waals surface area contributed by atoms with Crippen LogP contribution in [0.1, 0.15) is 61.9 Å². The molecule has 2 N–H and O–H groups in total. The van der Waals surface area contributed by atoms with Gasteiger partial charge in [-0.3, -0.25) is 14.4 Å². The van der Waals surface area contributed by atoms with Gasteiger partial charge in [-0.1, -0.05) is 185 Å². The Kier molecular flexibility index (Phi) is 10.8. The molecule has 0 amide bonds. The molecule has 8 atom stereocenters. The van der Waals surface area contributed by atoms with Gasteiger partial charge in [0.1, 0.15) is 17.3 Å². The van der Waals surface area contributed by atoms with E-state index in [4.69, 9.17) is 14.2 Å². The second-order valence-electron chi connectivity index (χ2n) is 18.6. The molecule has 8 heteroatoms. The van der Waals surface area contributed by atoms with Gasteiger partial charge in [-0.25, -0.2) is 0 Å². The van der Waals surface area contributed by atoms with E-state index in [1.807, 2.05) is 172 Å². The van der Waals surface area contributed by atoms with Gasteiger partial charge >= 0.3 is 11.9 Å². The molecule has 2 fully saturated rings. The smallest absolute Gasteiger partial charge is 0.310 e. The molecule has 5 aromatic carbocycles. The Bertz CT molecular complexity index is 2460. The third-order valence-electron chi connectivity index (χ3n) is 14.7. The highest BCUT2D eigenvalue weighted by atomic mass is 16.6. The Hall–Kier alpha value is -5.93. The van der Waals surface area contributed by atoms with E-state index in [0.717, 1.165) is 27.8 Å². The van der Waals surface area contributed by atoms with Crippen LogP contribution in [-0.4, -0.2) is 57.4 Å². The number of esters is 2. The summed E-state index contributed by atoms with van der Waals surface area (Å²) in [5.74, 6) is -4.88. The molecular formula is C55H54O8. The first kappa shape index (κ1) is 42.4. The molecule has 0 aliphatic heterocycles. The van der Waals surface area contributed by atoms with Crippen molar-refractivity contribution in [1.82, 2.24) is 0 Å². The largest absolute Gasteiger partial charge is 0.457 e. The molecule has 9 rings (SSSR count). The maximum absolute atomic E-state index is 14.4. The van der Waals surface area contributed by atoms with Gasteiger partial charge in [0.2, 0.25) is 0 Å². The molecule has 0 heterocycles. The first-order chi connectivity index (χ1) is 30.3. The predicted octanol–water partition coefficient (Wildman–Crippen LogP) is 8.53. The summed E-state index contributed by atoms with van der Waals surface area (Å²) < 4.78 is 20.5. The van der Waals surface area contributed by atoms with Crippen molar-refractivity contribution >= 4 is 17.7 Å². The second-order valence-corrected chi connectivity index (χ2v) is 18.6. The van der Waals surface area contributed by atoms with Crippen LogP contribution in [0.5, 0.6) is 0 Å². The van der Waals surface area contributed by atoms with Crippen LogP contribution in [0.2, 0.25) is 0 Å². The third kappa shape index (κ3) is 6.82. The highest BCUT2D eigenvalue weighted by molar-refractivity contribution is 6.05. The Morgan fingerprint density at radius 1 is 0.683 bits per heavy atom. The number of ketones is 1. The van der Waals surface area contributed by atoms with Gasteiger partial charge in [0.25, 0.3) is 0 Å². The van der Waals surface area contributed by atoms with Crippen molar-refractivity contribution in [2.45, 2.75) is 75.5 Å². The zero-order valence-electron chi connectivity index (χ0n) is 36.1. The summed E-state index contributed by atoms with van der Waals surface area (Å²) in [5.41, 5.74) is -2.07. The molecular weight excluding hydrogens is 789 g/mol. The van der Waals surface area contributed by atoms with E-state index in [2.05, 4.69) is 0 Å². The summed E-state index contributed by atoms with van der Waals surface area (Å²) in [4.78, 5) is 42.6. The standard InChI is InChI=1S/C55H54O8/c1-36-30-45-52(59,49(36)58)34-40(35-61-54(41-24-14-7-15-25-41,42-26-16-8-17-27-42)43-28-18-9-19-29-43)31-44-48-51(3,4)55(48,63-47(57)33-39-22-12-6-13-23-39)50(37(2)53(44,45)60)62-46(56)32-38-20-10-5-11-21-38/h5-31,37,44-45,48,50,59-60H,32-35H2,1-4H3/t37-,44+,45-,48-,50-,52-,53-,55-/m1/s1. The number of hydrogen-bond acceptors (Lipinski definition) is 8. The maximum Gasteiger partial charge on any atom is 0.310 e. The summed E-state index contributed by atoms with van der Waals surface area (Å²) >= 11 is 0. The average Bonchev–Trinajstić information content (AvgIpc) is 3.72. The highest BCUT2D eigenvalue weighted by Gasteiger charge is 2.88. The Labute approximate surface area is 369 Å². The van der Waals surface area contributed by atoms with Crippen LogP contribution in [0, 0.1) is 29.1 Å². The molecule has 0 saturated heterocycles. The molecule has 4 aliphatic rings. The van der Waals surface area contributed by atoms with E-state index in [9.17, 15) is 24.6 Å². The lowest BCUT2D eigenvalue weighted by atomic mass is 9.59. The van der Waals surface area contributed by atoms with E-state index in [-0.39, 0.29) is 25.9 Å². The topological polar surface area (TPSA) is 119 Å². The van der Waals surface area contributed by atoms with Gasteiger partial charge < -0.3 is 24.4 Å². The number of hydrogen-bond donors (Lipinski definition) is 2. The van der Waals surface area contributed by atoms with E-state index in [1.54, 1.807) is 19.9 Å². The van der Waals surface area contributed by atoms with E-state index in [0.29, 0.717) is 11.1 Å². The number of fused-ring (bicyclic) bond motifs is 5. The van der Waals surface area contributed by atoms with Crippen molar-refractivity contribution in [2.24, 2.45) is 29.1 Å². The molecule has 8 nitrogen and oxygen atoms in total. The number of aliphatic hydroxyl groups is 2. The monoisotopic (exact) mass is 842 g/mol. The zero-order valence-corrected chi connectivity index (χ0v) is 36.1. The predicted molar refractivity (Wildman–Crippen MR) is 239 cm³/mol. The van der Waals surface area contributed by atoms with E-state index in [1.165, 1.54) is 0 Å². The molecule has 2 saturated carbocycles. The Balaban J connectivity index is 1.17. The normalized spacial score (nSPS) is 29.2. The van der Waals surface area contributed by atoms with E-state index >= 15 is 0 Å². The lowest BCUT2D eigenvalue weighted by molar-refractivity contribution is -0.228. The van der Waals surface area contributed by atoms with Crippen molar-refractivity contribution in [3.8, 4) is 0 Å². The van der Waals surface area contributed by atoms with Gasteiger partial charge in [0, 0.05) is 35.5 Å². The van der Waals surface area contributed by atoms with Gasteiger partial charge in [-0.05, 0) is 45.9 Å². The van der Waals surface area contributed by atoms with Crippen molar-refractivity contribution in [3.05, 3.63) is 203 Å². The minimum absolute atomic E-state index is 0.00628. The number of carbonyl (C=O) groups is 3. The Morgan fingerprint density at radius 2 is 1.14 bits per heavy atom. The quantitative estimate of drug-likeness (QED) is 0.0730. The molecule has 322 valence electrons. The first-order valence-electron chi connectivity index (χ1n) is 21.9. The maximum atomic E-state index is 14.4. The minimum Gasteiger partial charge on any atom is -0.457 e. The minimum atomic E-state index is -2.05. The number of ether oxygens (including phenoxy) is 3. The zero-order chi connectivity index (χ0) is 44.2. The summed E-state index contributed by atoms with van der Waals surface area (Å²) in [7, 11) is 0. The lowest BCUT2D eigenvalue weighted by Gasteiger charge is -2.53. The molecule has 0 bridgehead atoms. The fraction of sp³-hybridized carbons (Fsp3) is 0.327. The van der Waals surface area contributed by atoms with Gasteiger partial charge in [0.15, 0.2) is 11.4 Å². The lowest BCUT2D eigenvalue weighted by Crippen LogP contribution is -2.66. The highest BCUT2D eigenvalue weighted by Crippen LogP contribution is 2.77. The number of benzene rings is 5. The number of Topliss-reactive ketones (excluding diaryl/α,β-unsaturated/α-hetero) is 1. The Morgan fingerprint density at radius 3 is 1.63 bits per heavy atom. The first-order valence-corrected chi connectivity index (χ1v) is 21.9. The molecule has 0 radical (unpaired) electrons. The molecule has 5 aromatic rings. The van der Waals surface area contributed by atoms with Crippen LogP contribution in [0.3, 0.4) is 0 Å². The molecule has 0 spiro atoms. The van der Waals surface area contributed by atoms with Crippen molar-refractivity contribution in [1.29, 1.82) is 0 Å². The van der Waals surface area contributed by atoms with Crippen LogP contribution in [-0.2, 0) is 47.0 Å². The third-order valence-corrected chi connectivity index (χ3v) is 14.7. The van der Waals surface area contributed by atoms with Crippen LogP contribution in [0.15, 0.2) is 175 Å². The van der Waals surface area contributed by atoms with E-state index < -0.39 is 75.3 Å². The fourth-order valence-electron chi connectivity index (χ4n) is 11.7. The number of rotatable bonds is 12. The molecule has 63 heavy (non-hydrogen) atoms. The van der Waals surface area contributed by atoms with Crippen molar-refractivity contribution < 1.29 is 38.8 Å². The summed E-state index contributed by atoms with van der Waals surface area (Å²) in [6, 6.07) is 48.5. The number of carbonyl (C=O) groups excluding carboxylic acids is 3. The summed E-state index contributed by atoms with van der Waals surface area (Å²) in [6.07, 6.45) is 2.37. The van der Waals surface area contributed by atoms with Crippen LogP contribution in [0.25, 0.3) is 0 Å². The summed E-state index contributed by atoms with van der Waals surface area (Å²) in [5, 5.41) is 26.6.